The van der Waals surface area contributed by atoms with Crippen molar-refractivity contribution in [3.8, 4) is 0 Å². The highest BCUT2D eigenvalue weighted by molar-refractivity contribution is 6.13. The van der Waals surface area contributed by atoms with E-state index in [1.165, 1.54) is 12.0 Å². The van der Waals surface area contributed by atoms with Gasteiger partial charge in [-0.05, 0) is 49.1 Å². The van der Waals surface area contributed by atoms with Crippen LogP contribution in [0, 0.1) is 6.92 Å². The summed E-state index contributed by atoms with van der Waals surface area (Å²) in [5, 5.41) is 0. The van der Waals surface area contributed by atoms with E-state index in [1.54, 1.807) is 29.3 Å². The summed E-state index contributed by atoms with van der Waals surface area (Å²) in [4.78, 5) is 46.5. The van der Waals surface area contributed by atoms with E-state index in [9.17, 15) is 14.4 Å². The predicted molar refractivity (Wildman–Crippen MR) is 154 cm³/mol. The lowest BCUT2D eigenvalue weighted by Crippen LogP contribution is -2.33. The number of nitrogens with zero attached hydrogens (tertiary/aromatic N) is 4. The predicted octanol–water partition coefficient (Wildman–Crippen LogP) is 5.97. The molecule has 210 valence electrons. The van der Waals surface area contributed by atoms with Gasteiger partial charge in [-0.25, -0.2) is 14.6 Å². The van der Waals surface area contributed by atoms with Crippen LogP contribution in [-0.4, -0.2) is 50.9 Å². The van der Waals surface area contributed by atoms with Crippen LogP contribution in [0.3, 0.4) is 0 Å². The van der Waals surface area contributed by atoms with E-state index in [-0.39, 0.29) is 17.9 Å². The van der Waals surface area contributed by atoms with Gasteiger partial charge in [0, 0.05) is 19.5 Å². The fourth-order valence-corrected chi connectivity index (χ4v) is 4.72. The first-order chi connectivity index (χ1) is 19.4. The van der Waals surface area contributed by atoms with Gasteiger partial charge >= 0.3 is 12.0 Å². The number of hydrogen-bond donors (Lipinski definition) is 0. The molecule has 2 aromatic carbocycles. The molecule has 1 fully saturated rings. The number of carbonyl (C=O) groups is 3. The zero-order valence-corrected chi connectivity index (χ0v) is 23.9. The lowest BCUT2D eigenvalue weighted by atomic mass is 10.1. The Kier molecular flexibility index (Phi) is 9.53. The molecule has 3 aromatic rings. The Bertz CT molecular complexity index is 1370. The van der Waals surface area contributed by atoms with Crippen LogP contribution in [0.1, 0.15) is 78.1 Å². The summed E-state index contributed by atoms with van der Waals surface area (Å²) >= 11 is 0. The van der Waals surface area contributed by atoms with Gasteiger partial charge in [0.2, 0.25) is 0 Å². The molecule has 0 aliphatic carbocycles. The molecule has 1 aromatic heterocycles. The first kappa shape index (κ1) is 28.8. The van der Waals surface area contributed by atoms with Crippen LogP contribution < -0.4 is 0 Å². The smallest absolute Gasteiger partial charge is 0.337 e. The summed E-state index contributed by atoms with van der Waals surface area (Å²) in [6, 6.07) is 15.0. The number of esters is 1. The number of aryl methyl sites for hydroxylation is 2. The molecule has 0 N–H and O–H groups in total. The van der Waals surface area contributed by atoms with E-state index >= 15 is 0 Å². The van der Waals surface area contributed by atoms with Gasteiger partial charge in [-0.1, -0.05) is 68.7 Å². The van der Waals surface area contributed by atoms with E-state index in [1.807, 2.05) is 50.2 Å². The second-order valence-electron chi connectivity index (χ2n) is 10.2. The first-order valence-corrected chi connectivity index (χ1v) is 14.0. The quantitative estimate of drug-likeness (QED) is 0.160. The topological polar surface area (TPSA) is 84.7 Å². The Morgan fingerprint density at radius 2 is 1.55 bits per heavy atom. The van der Waals surface area contributed by atoms with Gasteiger partial charge in [0.05, 0.1) is 31.1 Å². The van der Waals surface area contributed by atoms with Crippen molar-refractivity contribution in [3.05, 3.63) is 94.2 Å². The molecular formula is C32H38N4O4. The summed E-state index contributed by atoms with van der Waals surface area (Å²) < 4.78 is 6.91. The van der Waals surface area contributed by atoms with Gasteiger partial charge in [0.1, 0.15) is 11.5 Å². The Hall–Kier alpha value is -4.20. The second kappa shape index (κ2) is 13.2. The van der Waals surface area contributed by atoms with Crippen molar-refractivity contribution in [3.63, 3.8) is 0 Å². The molecule has 1 saturated heterocycles. The average Bonchev–Trinajstić information content (AvgIpc) is 3.44. The summed E-state index contributed by atoms with van der Waals surface area (Å²) in [7, 11) is 1.36. The van der Waals surface area contributed by atoms with E-state index < -0.39 is 0 Å². The second-order valence-corrected chi connectivity index (χ2v) is 10.2. The lowest BCUT2D eigenvalue weighted by Gasteiger charge is -2.18. The highest BCUT2D eigenvalue weighted by Crippen LogP contribution is 2.27. The Morgan fingerprint density at radius 3 is 2.20 bits per heavy atom. The minimum atomic E-state index is -0.381. The van der Waals surface area contributed by atoms with Crippen molar-refractivity contribution in [1.29, 1.82) is 0 Å². The number of aromatic nitrogens is 2. The van der Waals surface area contributed by atoms with E-state index in [0.717, 1.165) is 60.3 Å². The highest BCUT2D eigenvalue weighted by Gasteiger charge is 2.40. The highest BCUT2D eigenvalue weighted by atomic mass is 16.5. The number of rotatable bonds is 12. The molecule has 0 saturated carbocycles. The molecule has 1 aliphatic rings. The molecule has 4 rings (SSSR count). The molecule has 0 radical (unpaired) electrons. The van der Waals surface area contributed by atoms with E-state index in [0.29, 0.717) is 30.9 Å². The van der Waals surface area contributed by atoms with Crippen LogP contribution >= 0.6 is 0 Å². The number of imidazole rings is 1. The maximum Gasteiger partial charge on any atom is 0.337 e. The zero-order valence-electron chi connectivity index (χ0n) is 23.9. The van der Waals surface area contributed by atoms with Crippen LogP contribution in [0.5, 0.6) is 0 Å². The maximum absolute atomic E-state index is 13.6. The van der Waals surface area contributed by atoms with Gasteiger partial charge in [0.15, 0.2) is 0 Å². The molecule has 0 bridgehead atoms. The summed E-state index contributed by atoms with van der Waals surface area (Å²) in [6.07, 6.45) is 8.02. The van der Waals surface area contributed by atoms with Crippen molar-refractivity contribution in [1.82, 2.24) is 19.4 Å². The summed E-state index contributed by atoms with van der Waals surface area (Å²) in [5.74, 6) is 0.250. The number of unbranched alkanes of at least 4 members (excludes halogenated alkanes) is 2. The SMILES string of the molecule is CCCCc1ncc(/C=C2/C(=O)N(CCCC)C(=O)N2Cc2ccc(C)cc2)n1Cc1ccc(C(=O)OC)cc1. The molecule has 3 amide bonds. The summed E-state index contributed by atoms with van der Waals surface area (Å²) in [6.45, 7) is 7.42. The molecular weight excluding hydrogens is 504 g/mol. The number of urea groups is 1. The third-order valence-electron chi connectivity index (χ3n) is 7.14. The fraction of sp³-hybridized carbons (Fsp3) is 0.375. The van der Waals surface area contributed by atoms with Crippen molar-refractivity contribution in [2.45, 2.75) is 66.0 Å². The van der Waals surface area contributed by atoms with Gasteiger partial charge in [-0.3, -0.25) is 14.6 Å². The van der Waals surface area contributed by atoms with Crippen LogP contribution in [-0.2, 0) is 29.0 Å². The largest absolute Gasteiger partial charge is 0.465 e. The number of amides is 3. The van der Waals surface area contributed by atoms with Crippen LogP contribution in [0.25, 0.3) is 6.08 Å². The van der Waals surface area contributed by atoms with Crippen LogP contribution in [0.15, 0.2) is 60.4 Å². The molecule has 40 heavy (non-hydrogen) atoms. The fourth-order valence-electron chi connectivity index (χ4n) is 4.72. The monoisotopic (exact) mass is 542 g/mol. The number of ether oxygens (including phenoxy) is 1. The number of carbonyl (C=O) groups excluding carboxylic acids is 3. The average molecular weight is 543 g/mol. The minimum Gasteiger partial charge on any atom is -0.465 e. The van der Waals surface area contributed by atoms with E-state index in [2.05, 4.69) is 11.5 Å². The van der Waals surface area contributed by atoms with Crippen molar-refractivity contribution in [2.24, 2.45) is 0 Å². The van der Waals surface area contributed by atoms with Gasteiger partial charge < -0.3 is 9.30 Å². The standard InChI is InChI=1S/C32H38N4O4/c1-5-7-9-29-33-20-27(35(29)21-25-14-16-26(17-15-25)31(38)40-4)19-28-30(37)34(18-8-6-2)32(39)36(28)22-24-12-10-23(3)11-13-24/h10-17,19-20H,5-9,18,21-22H2,1-4H3/b28-19-. The molecule has 1 aliphatic heterocycles. The summed E-state index contributed by atoms with van der Waals surface area (Å²) in [5.41, 5.74) is 4.67. The molecule has 0 atom stereocenters. The zero-order chi connectivity index (χ0) is 28.6. The number of benzene rings is 2. The Balaban J connectivity index is 1.71. The van der Waals surface area contributed by atoms with Gasteiger partial charge in [-0.15, -0.1) is 0 Å². The van der Waals surface area contributed by atoms with Gasteiger partial charge in [0.25, 0.3) is 5.91 Å². The van der Waals surface area contributed by atoms with Crippen molar-refractivity contribution < 1.29 is 19.1 Å². The Morgan fingerprint density at radius 1 is 0.900 bits per heavy atom. The first-order valence-electron chi connectivity index (χ1n) is 14.0. The van der Waals surface area contributed by atoms with Crippen LogP contribution in [0.4, 0.5) is 4.79 Å². The molecule has 2 heterocycles. The minimum absolute atomic E-state index is 0.282. The van der Waals surface area contributed by atoms with E-state index in [4.69, 9.17) is 9.72 Å². The number of imide groups is 1. The Labute approximate surface area is 236 Å². The lowest BCUT2D eigenvalue weighted by molar-refractivity contribution is -0.123. The molecule has 8 heteroatoms. The number of methoxy groups -OCH3 is 1. The number of hydrogen-bond acceptors (Lipinski definition) is 5. The van der Waals surface area contributed by atoms with Crippen LogP contribution in [0.2, 0.25) is 0 Å². The third kappa shape index (κ3) is 6.50. The molecule has 8 nitrogen and oxygen atoms in total. The molecule has 0 unspecified atom stereocenters. The van der Waals surface area contributed by atoms with Crippen molar-refractivity contribution >= 4 is 24.0 Å². The van der Waals surface area contributed by atoms with Gasteiger partial charge in [-0.2, -0.15) is 0 Å². The normalized spacial score (nSPS) is 14.4. The third-order valence-corrected chi connectivity index (χ3v) is 7.14. The molecule has 0 spiro atoms. The maximum atomic E-state index is 13.6. The van der Waals surface area contributed by atoms with Crippen molar-refractivity contribution in [2.75, 3.05) is 13.7 Å².